The molecule has 2 amide bonds. The van der Waals surface area contributed by atoms with Gasteiger partial charge in [0.1, 0.15) is 6.07 Å². The van der Waals surface area contributed by atoms with Crippen molar-refractivity contribution in [2.45, 2.75) is 24.8 Å². The summed E-state index contributed by atoms with van der Waals surface area (Å²) in [7, 11) is 0. The number of hydrogen-bond acceptors (Lipinski definition) is 3. The first kappa shape index (κ1) is 19.2. The number of hydrogen-bond donors (Lipinski definition) is 1. The van der Waals surface area contributed by atoms with Crippen LogP contribution in [-0.2, 0) is 0 Å². The van der Waals surface area contributed by atoms with Gasteiger partial charge in [0.05, 0.1) is 11.3 Å². The Bertz CT molecular complexity index is 958. The lowest BCUT2D eigenvalue weighted by atomic mass is 10.1. The molecule has 29 heavy (non-hydrogen) atoms. The van der Waals surface area contributed by atoms with Crippen LogP contribution in [0.5, 0.6) is 0 Å². The Labute approximate surface area is 168 Å². The Kier molecular flexibility index (Phi) is 5.34. The van der Waals surface area contributed by atoms with E-state index < -0.39 is 11.6 Å². The highest BCUT2D eigenvalue weighted by Crippen LogP contribution is 2.42. The molecule has 1 aliphatic heterocycles. The highest BCUT2D eigenvalue weighted by molar-refractivity contribution is 5.75. The van der Waals surface area contributed by atoms with Crippen LogP contribution in [0.15, 0.2) is 42.5 Å². The molecule has 1 heterocycles. The van der Waals surface area contributed by atoms with E-state index >= 15 is 0 Å². The zero-order chi connectivity index (χ0) is 20.4. The van der Waals surface area contributed by atoms with E-state index in [0.717, 1.165) is 24.7 Å². The van der Waals surface area contributed by atoms with E-state index in [1.165, 1.54) is 6.07 Å². The second kappa shape index (κ2) is 8.08. The average Bonchev–Trinajstić information content (AvgIpc) is 3.52. The minimum absolute atomic E-state index is 0.169. The maximum Gasteiger partial charge on any atom is 0.317 e. The first-order chi connectivity index (χ1) is 14.1. The van der Waals surface area contributed by atoms with Crippen molar-refractivity contribution in [1.29, 1.82) is 5.26 Å². The highest BCUT2D eigenvalue weighted by atomic mass is 19.2. The van der Waals surface area contributed by atoms with Crippen LogP contribution < -0.4 is 10.2 Å². The fraction of sp³-hybridized carbons (Fsp3) is 0.364. The van der Waals surface area contributed by atoms with E-state index in [2.05, 4.69) is 16.3 Å². The average molecular weight is 396 g/mol. The van der Waals surface area contributed by atoms with Gasteiger partial charge in [0, 0.05) is 38.1 Å². The number of amides is 2. The molecule has 5 nitrogen and oxygen atoms in total. The molecule has 1 N–H and O–H groups in total. The van der Waals surface area contributed by atoms with E-state index in [-0.39, 0.29) is 18.0 Å². The van der Waals surface area contributed by atoms with Gasteiger partial charge in [-0.1, -0.05) is 24.3 Å². The van der Waals surface area contributed by atoms with Crippen molar-refractivity contribution in [2.75, 3.05) is 31.1 Å². The van der Waals surface area contributed by atoms with Crippen LogP contribution in [0.2, 0.25) is 0 Å². The maximum atomic E-state index is 14.0. The van der Waals surface area contributed by atoms with Crippen molar-refractivity contribution in [1.82, 2.24) is 10.2 Å². The van der Waals surface area contributed by atoms with E-state index in [0.29, 0.717) is 37.2 Å². The first-order valence-corrected chi connectivity index (χ1v) is 9.82. The van der Waals surface area contributed by atoms with Crippen LogP contribution in [0, 0.1) is 23.0 Å². The number of rotatable bonds is 3. The Balaban J connectivity index is 1.35. The number of para-hydroxylation sites is 1. The van der Waals surface area contributed by atoms with E-state index in [1.54, 1.807) is 17.0 Å². The monoisotopic (exact) mass is 396 g/mol. The van der Waals surface area contributed by atoms with Crippen molar-refractivity contribution in [2.24, 2.45) is 0 Å². The lowest BCUT2D eigenvalue weighted by molar-refractivity contribution is 0.200. The van der Waals surface area contributed by atoms with Gasteiger partial charge >= 0.3 is 6.03 Å². The molecular weight excluding hydrogens is 374 g/mol. The summed E-state index contributed by atoms with van der Waals surface area (Å²) in [4.78, 5) is 16.6. The molecule has 2 fully saturated rings. The molecule has 1 aliphatic carbocycles. The number of halogens is 2. The molecule has 0 bridgehead atoms. The van der Waals surface area contributed by atoms with Crippen LogP contribution in [0.25, 0.3) is 0 Å². The van der Waals surface area contributed by atoms with Gasteiger partial charge in [-0.2, -0.15) is 5.26 Å². The van der Waals surface area contributed by atoms with Gasteiger partial charge in [-0.3, -0.25) is 0 Å². The lowest BCUT2D eigenvalue weighted by Crippen LogP contribution is -2.43. The molecule has 4 rings (SSSR count). The molecule has 7 heteroatoms. The van der Waals surface area contributed by atoms with Crippen molar-refractivity contribution in [3.63, 3.8) is 0 Å². The summed E-state index contributed by atoms with van der Waals surface area (Å²) < 4.78 is 27.4. The van der Waals surface area contributed by atoms with Crippen molar-refractivity contribution in [3.05, 3.63) is 65.2 Å². The highest BCUT2D eigenvalue weighted by Gasteiger charge is 2.42. The maximum absolute atomic E-state index is 14.0. The Morgan fingerprint density at radius 1 is 1.07 bits per heavy atom. The number of urea groups is 1. The zero-order valence-corrected chi connectivity index (χ0v) is 15.9. The minimum atomic E-state index is -0.857. The summed E-state index contributed by atoms with van der Waals surface area (Å²) >= 11 is 0. The van der Waals surface area contributed by atoms with Crippen molar-refractivity contribution in [3.8, 4) is 6.07 Å². The molecular formula is C22H22F2N4O. The lowest BCUT2D eigenvalue weighted by Gasteiger charge is -2.24. The van der Waals surface area contributed by atoms with Gasteiger partial charge in [0.2, 0.25) is 0 Å². The Hall–Kier alpha value is -3.14. The Morgan fingerprint density at radius 3 is 2.72 bits per heavy atom. The largest absolute Gasteiger partial charge is 0.369 e. The fourth-order valence-electron chi connectivity index (χ4n) is 3.96. The van der Waals surface area contributed by atoms with Gasteiger partial charge in [-0.05, 0) is 36.6 Å². The molecule has 1 saturated carbocycles. The number of anilines is 1. The topological polar surface area (TPSA) is 59.4 Å². The summed E-state index contributed by atoms with van der Waals surface area (Å²) in [5, 5.41) is 12.3. The van der Waals surface area contributed by atoms with Crippen LogP contribution in [-0.4, -0.2) is 43.2 Å². The molecule has 2 unspecified atom stereocenters. The van der Waals surface area contributed by atoms with E-state index in [1.807, 2.05) is 18.2 Å². The van der Waals surface area contributed by atoms with Crippen LogP contribution >= 0.6 is 0 Å². The molecule has 2 aromatic rings. The molecule has 150 valence electrons. The van der Waals surface area contributed by atoms with Gasteiger partial charge in [-0.15, -0.1) is 0 Å². The smallest absolute Gasteiger partial charge is 0.317 e. The standard InChI is InChI=1S/C22H22F2N4O/c23-18-7-3-6-16(21(18)24)17-13-19(17)26-22(29)28-10-4-9-27(11-12-28)20-8-2-1-5-15(20)14-25/h1-3,5-8,17,19H,4,9-13H2,(H,26,29). The third kappa shape index (κ3) is 4.02. The number of nitrogens with one attached hydrogen (secondary N) is 1. The van der Waals surface area contributed by atoms with Crippen LogP contribution in [0.3, 0.4) is 0 Å². The minimum Gasteiger partial charge on any atom is -0.369 e. The van der Waals surface area contributed by atoms with Gasteiger partial charge in [0.15, 0.2) is 11.6 Å². The van der Waals surface area contributed by atoms with Crippen molar-refractivity contribution < 1.29 is 13.6 Å². The molecule has 0 aromatic heterocycles. The van der Waals surface area contributed by atoms with Crippen LogP contribution in [0.4, 0.5) is 19.3 Å². The number of nitrogens with zero attached hydrogens (tertiary/aromatic N) is 3. The van der Waals surface area contributed by atoms with Gasteiger partial charge in [0.25, 0.3) is 0 Å². The zero-order valence-electron chi connectivity index (χ0n) is 15.9. The summed E-state index contributed by atoms with van der Waals surface area (Å²) in [5.74, 6) is -1.86. The van der Waals surface area contributed by atoms with E-state index in [9.17, 15) is 18.8 Å². The molecule has 0 spiro atoms. The van der Waals surface area contributed by atoms with E-state index in [4.69, 9.17) is 0 Å². The van der Waals surface area contributed by atoms with Crippen LogP contribution in [0.1, 0.15) is 29.9 Å². The molecule has 0 radical (unpaired) electrons. The third-order valence-corrected chi connectivity index (χ3v) is 5.63. The normalized spacial score (nSPS) is 21.3. The number of carbonyl (C=O) groups excluding carboxylic acids is 1. The third-order valence-electron chi connectivity index (χ3n) is 5.63. The predicted octanol–water partition coefficient (Wildman–Crippen LogP) is 3.61. The second-order valence-electron chi connectivity index (χ2n) is 7.50. The molecule has 2 aliphatic rings. The number of nitriles is 1. The second-order valence-corrected chi connectivity index (χ2v) is 7.50. The fourth-order valence-corrected chi connectivity index (χ4v) is 3.96. The number of benzene rings is 2. The van der Waals surface area contributed by atoms with Gasteiger partial charge in [-0.25, -0.2) is 13.6 Å². The quantitative estimate of drug-likeness (QED) is 0.862. The number of carbonyl (C=O) groups is 1. The Morgan fingerprint density at radius 2 is 1.90 bits per heavy atom. The van der Waals surface area contributed by atoms with Gasteiger partial charge < -0.3 is 15.1 Å². The molecule has 2 aromatic carbocycles. The predicted molar refractivity (Wildman–Crippen MR) is 106 cm³/mol. The summed E-state index contributed by atoms with van der Waals surface area (Å²) in [5.41, 5.74) is 1.84. The summed E-state index contributed by atoms with van der Waals surface area (Å²) in [6.07, 6.45) is 1.40. The summed E-state index contributed by atoms with van der Waals surface area (Å²) in [6, 6.07) is 13.5. The molecule has 2 atom stereocenters. The summed E-state index contributed by atoms with van der Waals surface area (Å²) in [6.45, 7) is 2.56. The first-order valence-electron chi connectivity index (χ1n) is 9.82. The molecule has 1 saturated heterocycles. The SMILES string of the molecule is N#Cc1ccccc1N1CCCN(C(=O)NC2CC2c2cccc(F)c2F)CC1. The van der Waals surface area contributed by atoms with Crippen molar-refractivity contribution >= 4 is 11.7 Å².